The lowest BCUT2D eigenvalue weighted by atomic mass is 10.1. The van der Waals surface area contributed by atoms with Crippen molar-refractivity contribution in [2.24, 2.45) is 0 Å². The minimum absolute atomic E-state index is 0.923. The van der Waals surface area contributed by atoms with Crippen LogP contribution in [-0.2, 0) is 13.1 Å². The first-order valence-corrected chi connectivity index (χ1v) is 8.51. The fourth-order valence-corrected chi connectivity index (χ4v) is 3.75. The zero-order valence-corrected chi connectivity index (χ0v) is 14.6. The quantitative estimate of drug-likeness (QED) is 0.819. The summed E-state index contributed by atoms with van der Waals surface area (Å²) in [5.74, 6) is 0. The Kier molecular flexibility index (Phi) is 5.64. The normalized spacial score (nSPS) is 10.8. The predicted molar refractivity (Wildman–Crippen MR) is 92.7 cm³/mol. The van der Waals surface area contributed by atoms with Crippen LogP contribution < -0.4 is 10.2 Å². The van der Waals surface area contributed by atoms with Crippen LogP contribution >= 0.6 is 27.3 Å². The second-order valence-corrected chi connectivity index (χ2v) is 6.91. The van der Waals surface area contributed by atoms with Crippen molar-refractivity contribution < 1.29 is 0 Å². The van der Waals surface area contributed by atoms with Crippen LogP contribution in [0.4, 0.5) is 5.69 Å². The highest BCUT2D eigenvalue weighted by Gasteiger charge is 2.09. The monoisotopic (exact) mass is 352 g/mol. The van der Waals surface area contributed by atoms with Gasteiger partial charge in [0.05, 0.1) is 6.54 Å². The largest absolute Gasteiger partial charge is 0.369 e. The maximum Gasteiger partial charge on any atom is 0.0520 e. The van der Waals surface area contributed by atoms with Crippen molar-refractivity contribution in [1.82, 2.24) is 5.32 Å². The van der Waals surface area contributed by atoms with Gasteiger partial charge < -0.3 is 10.2 Å². The number of halogens is 1. The summed E-state index contributed by atoms with van der Waals surface area (Å²) in [6.45, 7) is 7.15. The Bertz CT molecular complexity index is 565. The smallest absolute Gasteiger partial charge is 0.0520 e. The highest BCUT2D eigenvalue weighted by atomic mass is 79.9. The average molecular weight is 353 g/mol. The lowest BCUT2D eigenvalue weighted by Gasteiger charge is -2.22. The van der Waals surface area contributed by atoms with E-state index in [1.165, 1.54) is 26.2 Å². The molecule has 1 N–H and O–H groups in total. The molecule has 0 aliphatic heterocycles. The van der Waals surface area contributed by atoms with Gasteiger partial charge >= 0.3 is 0 Å². The van der Waals surface area contributed by atoms with Gasteiger partial charge in [-0.15, -0.1) is 11.3 Å². The van der Waals surface area contributed by atoms with Crippen LogP contribution in [0.15, 0.2) is 34.1 Å². The Balaban J connectivity index is 2.17. The Morgan fingerprint density at radius 3 is 2.75 bits per heavy atom. The molecular weight excluding hydrogens is 332 g/mol. The lowest BCUT2D eigenvalue weighted by Crippen LogP contribution is -2.20. The van der Waals surface area contributed by atoms with Crippen molar-refractivity contribution in [3.05, 3.63) is 50.1 Å². The van der Waals surface area contributed by atoms with E-state index in [9.17, 15) is 0 Å². The zero-order valence-electron chi connectivity index (χ0n) is 12.2. The number of nitrogens with one attached hydrogen (secondary N) is 1. The molecule has 0 spiro atoms. The van der Waals surface area contributed by atoms with Gasteiger partial charge in [-0.05, 0) is 47.1 Å². The van der Waals surface area contributed by atoms with Gasteiger partial charge in [-0.1, -0.05) is 24.6 Å². The molecule has 2 nitrogen and oxygen atoms in total. The Hall–Kier alpha value is -0.840. The lowest BCUT2D eigenvalue weighted by molar-refractivity contribution is 0.723. The number of thiophene rings is 1. The van der Waals surface area contributed by atoms with E-state index in [1.807, 2.05) is 0 Å². The molecule has 0 atom stereocenters. The van der Waals surface area contributed by atoms with E-state index in [0.717, 1.165) is 19.6 Å². The zero-order chi connectivity index (χ0) is 14.5. The minimum Gasteiger partial charge on any atom is -0.369 e. The van der Waals surface area contributed by atoms with Gasteiger partial charge in [0.1, 0.15) is 0 Å². The van der Waals surface area contributed by atoms with Crippen LogP contribution in [0.5, 0.6) is 0 Å². The maximum atomic E-state index is 3.52. The van der Waals surface area contributed by atoms with Crippen LogP contribution in [-0.4, -0.2) is 13.6 Å². The number of hydrogen-bond donors (Lipinski definition) is 1. The van der Waals surface area contributed by atoms with Gasteiger partial charge in [-0.2, -0.15) is 0 Å². The average Bonchev–Trinajstić information content (AvgIpc) is 2.81. The van der Waals surface area contributed by atoms with E-state index >= 15 is 0 Å². The molecule has 0 bridgehead atoms. The molecular formula is C16H21BrN2S. The number of rotatable bonds is 6. The molecule has 1 aromatic carbocycles. The third kappa shape index (κ3) is 4.08. The molecule has 1 aromatic heterocycles. The van der Waals surface area contributed by atoms with Gasteiger partial charge in [-0.3, -0.25) is 0 Å². The molecule has 0 aliphatic carbocycles. The number of anilines is 1. The number of nitrogens with zero attached hydrogens (tertiary/aromatic N) is 1. The molecule has 0 saturated heterocycles. The van der Waals surface area contributed by atoms with Crippen LogP contribution in [0.1, 0.15) is 22.9 Å². The fraction of sp³-hybridized carbons (Fsp3) is 0.375. The maximum absolute atomic E-state index is 3.52. The highest BCUT2D eigenvalue weighted by Crippen LogP contribution is 2.26. The third-order valence-electron chi connectivity index (χ3n) is 3.23. The van der Waals surface area contributed by atoms with E-state index in [2.05, 4.69) is 76.7 Å². The summed E-state index contributed by atoms with van der Waals surface area (Å²) < 4.78 is 1.17. The predicted octanol–water partition coefficient (Wildman–Crippen LogP) is 4.56. The molecule has 0 unspecified atom stereocenters. The van der Waals surface area contributed by atoms with E-state index in [4.69, 9.17) is 0 Å². The summed E-state index contributed by atoms with van der Waals surface area (Å²) in [6.07, 6.45) is 0. The number of aryl methyl sites for hydroxylation is 1. The van der Waals surface area contributed by atoms with E-state index < -0.39 is 0 Å². The summed E-state index contributed by atoms with van der Waals surface area (Å²) in [6, 6.07) is 8.88. The number of hydrogen-bond acceptors (Lipinski definition) is 3. The summed E-state index contributed by atoms with van der Waals surface area (Å²) in [5.41, 5.74) is 3.99. The molecule has 0 radical (unpaired) electrons. The molecule has 4 heteroatoms. The molecule has 0 fully saturated rings. The van der Waals surface area contributed by atoms with Crippen molar-refractivity contribution in [2.45, 2.75) is 26.9 Å². The molecule has 108 valence electrons. The van der Waals surface area contributed by atoms with E-state index in [-0.39, 0.29) is 0 Å². The van der Waals surface area contributed by atoms with Crippen molar-refractivity contribution in [1.29, 1.82) is 0 Å². The standard InChI is InChI=1S/C16H21BrN2S/c1-4-18-9-13-7-12(2)5-6-16(13)19(3)10-15-8-14(17)11-20-15/h5-8,11,18H,4,9-10H2,1-3H3. The van der Waals surface area contributed by atoms with Crippen molar-refractivity contribution in [3.63, 3.8) is 0 Å². The molecule has 0 saturated carbocycles. The van der Waals surface area contributed by atoms with E-state index in [0.29, 0.717) is 0 Å². The summed E-state index contributed by atoms with van der Waals surface area (Å²) >= 11 is 5.31. The molecule has 1 heterocycles. The fourth-order valence-electron chi connectivity index (χ4n) is 2.24. The first kappa shape index (κ1) is 15.5. The molecule has 2 rings (SSSR count). The van der Waals surface area contributed by atoms with Crippen molar-refractivity contribution in [2.75, 3.05) is 18.5 Å². The first-order chi connectivity index (χ1) is 9.60. The van der Waals surface area contributed by atoms with Crippen LogP contribution in [0.3, 0.4) is 0 Å². The molecule has 2 aromatic rings. The first-order valence-electron chi connectivity index (χ1n) is 6.84. The van der Waals surface area contributed by atoms with Crippen LogP contribution in [0.2, 0.25) is 0 Å². The molecule has 20 heavy (non-hydrogen) atoms. The highest BCUT2D eigenvalue weighted by molar-refractivity contribution is 9.10. The Morgan fingerprint density at radius 2 is 2.10 bits per heavy atom. The van der Waals surface area contributed by atoms with Gasteiger partial charge in [0.25, 0.3) is 0 Å². The third-order valence-corrected chi connectivity index (χ3v) is 4.91. The second-order valence-electron chi connectivity index (χ2n) is 5.00. The Labute approximate surface area is 133 Å². The number of benzene rings is 1. The summed E-state index contributed by atoms with van der Waals surface area (Å²) in [7, 11) is 2.16. The van der Waals surface area contributed by atoms with Crippen molar-refractivity contribution in [3.8, 4) is 0 Å². The second kappa shape index (κ2) is 7.25. The van der Waals surface area contributed by atoms with Crippen LogP contribution in [0.25, 0.3) is 0 Å². The van der Waals surface area contributed by atoms with Gasteiger partial charge in [0.2, 0.25) is 0 Å². The summed E-state index contributed by atoms with van der Waals surface area (Å²) in [5, 5.41) is 5.56. The van der Waals surface area contributed by atoms with E-state index in [1.54, 1.807) is 11.3 Å². The summed E-state index contributed by atoms with van der Waals surface area (Å²) in [4.78, 5) is 3.69. The molecule has 0 aliphatic rings. The van der Waals surface area contributed by atoms with Gasteiger partial charge in [-0.25, -0.2) is 0 Å². The molecule has 0 amide bonds. The topological polar surface area (TPSA) is 15.3 Å². The van der Waals surface area contributed by atoms with Gasteiger partial charge in [0.15, 0.2) is 0 Å². The minimum atomic E-state index is 0.923. The Morgan fingerprint density at radius 1 is 1.30 bits per heavy atom. The van der Waals surface area contributed by atoms with Gasteiger partial charge in [0, 0.05) is 34.0 Å². The SMILES string of the molecule is CCNCc1cc(C)ccc1N(C)Cc1cc(Br)cs1. The van der Waals surface area contributed by atoms with Crippen LogP contribution in [0, 0.1) is 6.92 Å². The van der Waals surface area contributed by atoms with Crippen molar-refractivity contribution >= 4 is 33.0 Å².